The molecule has 154 valence electrons. The van der Waals surface area contributed by atoms with Gasteiger partial charge in [0.15, 0.2) is 9.84 Å². The molecule has 2 N–H and O–H groups in total. The molecule has 0 aliphatic carbocycles. The number of sulfone groups is 1. The van der Waals surface area contributed by atoms with Gasteiger partial charge < -0.3 is 10.0 Å². The molecular formula is C17H20BrClN2O5S2. The summed E-state index contributed by atoms with van der Waals surface area (Å²) in [6, 6.07) is 7.75. The lowest BCUT2D eigenvalue weighted by Gasteiger charge is -2.13. The SMILES string of the molecule is CN(C)CCCS(=O)(=O)c1cc(Cl)cc(NS(=O)(=O)c2cc(Br)ccc2O)c1. The van der Waals surface area contributed by atoms with E-state index in [4.69, 9.17) is 11.6 Å². The Bertz CT molecular complexity index is 1070. The van der Waals surface area contributed by atoms with Crippen LogP contribution in [0, 0.1) is 0 Å². The number of aromatic hydroxyl groups is 1. The van der Waals surface area contributed by atoms with Crippen molar-refractivity contribution in [1.29, 1.82) is 0 Å². The summed E-state index contributed by atoms with van der Waals surface area (Å²) in [5.74, 6) is -0.529. The summed E-state index contributed by atoms with van der Waals surface area (Å²) in [5, 5.41) is 9.94. The van der Waals surface area contributed by atoms with Gasteiger partial charge in [-0.2, -0.15) is 0 Å². The molecule has 0 heterocycles. The fourth-order valence-electron chi connectivity index (χ4n) is 2.40. The first-order valence-corrected chi connectivity index (χ1v) is 12.4. The third-order valence-electron chi connectivity index (χ3n) is 3.71. The van der Waals surface area contributed by atoms with Crippen molar-refractivity contribution in [2.45, 2.75) is 16.2 Å². The van der Waals surface area contributed by atoms with Gasteiger partial charge in [-0.15, -0.1) is 0 Å². The number of anilines is 1. The number of rotatable bonds is 8. The Kier molecular flexibility index (Phi) is 7.38. The molecular weight excluding hydrogens is 492 g/mol. The van der Waals surface area contributed by atoms with E-state index in [0.29, 0.717) is 17.4 Å². The normalized spacial score (nSPS) is 12.3. The molecule has 0 bridgehead atoms. The second kappa shape index (κ2) is 9.00. The van der Waals surface area contributed by atoms with Gasteiger partial charge in [0.2, 0.25) is 0 Å². The van der Waals surface area contributed by atoms with Crippen molar-refractivity contribution in [3.8, 4) is 5.75 Å². The monoisotopic (exact) mass is 510 g/mol. The lowest BCUT2D eigenvalue weighted by Crippen LogP contribution is -2.18. The van der Waals surface area contributed by atoms with Gasteiger partial charge in [0, 0.05) is 9.50 Å². The fraction of sp³-hybridized carbons (Fsp3) is 0.294. The molecule has 0 spiro atoms. The minimum atomic E-state index is -4.16. The third-order valence-corrected chi connectivity index (χ3v) is 7.61. The zero-order valence-electron chi connectivity index (χ0n) is 15.2. The Hall–Kier alpha value is -1.33. The van der Waals surface area contributed by atoms with Crippen LogP contribution in [-0.4, -0.2) is 53.2 Å². The smallest absolute Gasteiger partial charge is 0.265 e. The highest BCUT2D eigenvalue weighted by Crippen LogP contribution is 2.30. The van der Waals surface area contributed by atoms with Gasteiger partial charge in [-0.05, 0) is 63.5 Å². The van der Waals surface area contributed by atoms with E-state index in [1.165, 1.54) is 36.4 Å². The first-order valence-electron chi connectivity index (χ1n) is 8.10. The summed E-state index contributed by atoms with van der Waals surface area (Å²) in [5.41, 5.74) is -0.0157. The highest BCUT2D eigenvalue weighted by Gasteiger charge is 2.21. The quantitative estimate of drug-likeness (QED) is 0.563. The van der Waals surface area contributed by atoms with Gasteiger partial charge >= 0.3 is 0 Å². The van der Waals surface area contributed by atoms with Crippen LogP contribution in [0.5, 0.6) is 5.75 Å². The van der Waals surface area contributed by atoms with E-state index in [1.54, 1.807) is 0 Å². The Labute approximate surface area is 178 Å². The number of phenolic OH excluding ortho intramolecular Hbond substituents is 1. The van der Waals surface area contributed by atoms with Crippen molar-refractivity contribution in [1.82, 2.24) is 4.90 Å². The van der Waals surface area contributed by atoms with Crippen molar-refractivity contribution < 1.29 is 21.9 Å². The minimum Gasteiger partial charge on any atom is -0.507 e. The Morgan fingerprint density at radius 3 is 2.43 bits per heavy atom. The lowest BCUT2D eigenvalue weighted by atomic mass is 10.3. The lowest BCUT2D eigenvalue weighted by molar-refractivity contribution is 0.408. The van der Waals surface area contributed by atoms with E-state index in [2.05, 4.69) is 20.7 Å². The van der Waals surface area contributed by atoms with Crippen LogP contribution >= 0.6 is 27.5 Å². The van der Waals surface area contributed by atoms with E-state index in [0.717, 1.165) is 0 Å². The summed E-state index contributed by atoms with van der Waals surface area (Å²) >= 11 is 9.16. The molecule has 11 heteroatoms. The standard InChI is InChI=1S/C17H20BrClN2O5S2/c1-21(2)6-3-7-27(23,24)15-10-13(19)9-14(11-15)20-28(25,26)17-8-12(18)4-5-16(17)22/h4-5,8-11,20,22H,3,6-7H2,1-2H3. The summed E-state index contributed by atoms with van der Waals surface area (Å²) in [4.78, 5) is 1.45. The van der Waals surface area contributed by atoms with E-state index in [9.17, 15) is 21.9 Å². The topological polar surface area (TPSA) is 104 Å². The number of nitrogens with zero attached hydrogens (tertiary/aromatic N) is 1. The van der Waals surface area contributed by atoms with Crippen LogP contribution in [0.25, 0.3) is 0 Å². The maximum absolute atomic E-state index is 12.6. The molecule has 0 aromatic heterocycles. The van der Waals surface area contributed by atoms with E-state index in [-0.39, 0.29) is 26.3 Å². The molecule has 0 saturated heterocycles. The Morgan fingerprint density at radius 2 is 1.79 bits per heavy atom. The van der Waals surface area contributed by atoms with Crippen molar-refractivity contribution in [3.63, 3.8) is 0 Å². The van der Waals surface area contributed by atoms with Crippen molar-refractivity contribution in [2.75, 3.05) is 31.1 Å². The molecule has 0 aliphatic rings. The van der Waals surface area contributed by atoms with E-state index in [1.807, 2.05) is 19.0 Å². The molecule has 2 aromatic carbocycles. The summed E-state index contributed by atoms with van der Waals surface area (Å²) < 4.78 is 53.0. The Balaban J connectivity index is 2.34. The molecule has 0 atom stereocenters. The predicted octanol–water partition coefficient (Wildman–Crippen LogP) is 3.33. The number of nitrogens with one attached hydrogen (secondary N) is 1. The second-order valence-corrected chi connectivity index (χ2v) is 11.5. The van der Waals surface area contributed by atoms with Crippen LogP contribution in [0.1, 0.15) is 6.42 Å². The number of benzene rings is 2. The van der Waals surface area contributed by atoms with Gasteiger partial charge in [0.1, 0.15) is 10.6 Å². The summed E-state index contributed by atoms with van der Waals surface area (Å²) in [6.45, 7) is 0.599. The molecule has 0 unspecified atom stereocenters. The number of halogens is 2. The molecule has 2 aromatic rings. The average Bonchev–Trinajstić information content (AvgIpc) is 2.55. The molecule has 0 amide bonds. The fourth-order valence-corrected chi connectivity index (χ4v) is 5.74. The number of phenols is 1. The van der Waals surface area contributed by atoms with Gasteiger partial charge in [-0.25, -0.2) is 16.8 Å². The molecule has 28 heavy (non-hydrogen) atoms. The molecule has 2 rings (SSSR count). The van der Waals surface area contributed by atoms with Crippen LogP contribution in [0.4, 0.5) is 5.69 Å². The largest absolute Gasteiger partial charge is 0.507 e. The van der Waals surface area contributed by atoms with Crippen LogP contribution in [0.15, 0.2) is 50.7 Å². The highest BCUT2D eigenvalue weighted by molar-refractivity contribution is 9.10. The average molecular weight is 512 g/mol. The van der Waals surface area contributed by atoms with E-state index >= 15 is 0 Å². The summed E-state index contributed by atoms with van der Waals surface area (Å²) in [6.07, 6.45) is 0.425. The first kappa shape index (κ1) is 23.0. The molecule has 7 nitrogen and oxygen atoms in total. The van der Waals surface area contributed by atoms with Crippen molar-refractivity contribution in [3.05, 3.63) is 45.9 Å². The number of hydrogen-bond acceptors (Lipinski definition) is 6. The van der Waals surface area contributed by atoms with Gasteiger partial charge in [0.05, 0.1) is 16.3 Å². The van der Waals surface area contributed by atoms with Crippen LogP contribution in [0.2, 0.25) is 5.02 Å². The maximum Gasteiger partial charge on any atom is 0.265 e. The predicted molar refractivity (Wildman–Crippen MR) is 113 cm³/mol. The van der Waals surface area contributed by atoms with Gasteiger partial charge in [-0.1, -0.05) is 27.5 Å². The number of hydrogen-bond donors (Lipinski definition) is 2. The first-order chi connectivity index (χ1) is 12.9. The van der Waals surface area contributed by atoms with Crippen LogP contribution < -0.4 is 4.72 Å². The van der Waals surface area contributed by atoms with Gasteiger partial charge in [-0.3, -0.25) is 4.72 Å². The number of sulfonamides is 1. The minimum absolute atomic E-state index is 0.0157. The van der Waals surface area contributed by atoms with E-state index < -0.39 is 25.6 Å². The maximum atomic E-state index is 12.6. The zero-order valence-corrected chi connectivity index (χ0v) is 19.2. The zero-order chi connectivity index (χ0) is 21.1. The summed E-state index contributed by atoms with van der Waals surface area (Å²) in [7, 11) is -4.12. The van der Waals surface area contributed by atoms with Crippen molar-refractivity contribution >= 4 is 53.1 Å². The third kappa shape index (κ3) is 6.08. The van der Waals surface area contributed by atoms with Gasteiger partial charge in [0.25, 0.3) is 10.0 Å². The Morgan fingerprint density at radius 1 is 1.11 bits per heavy atom. The second-order valence-electron chi connectivity index (χ2n) is 6.37. The highest BCUT2D eigenvalue weighted by atomic mass is 79.9. The molecule has 0 radical (unpaired) electrons. The molecule has 0 aliphatic heterocycles. The molecule has 0 fully saturated rings. The van der Waals surface area contributed by atoms with Crippen LogP contribution in [0.3, 0.4) is 0 Å². The molecule has 0 saturated carbocycles. The van der Waals surface area contributed by atoms with Crippen LogP contribution in [-0.2, 0) is 19.9 Å². The van der Waals surface area contributed by atoms with Crippen molar-refractivity contribution in [2.24, 2.45) is 0 Å².